The molecule has 252 valence electrons. The minimum absolute atomic E-state index is 0.941. The largest absolute Gasteiger partial charge is 0.337 e. The minimum atomic E-state index is -3.30. The Kier molecular flexibility index (Phi) is 28.3. The quantitative estimate of drug-likeness (QED) is 0.0599. The highest BCUT2D eigenvalue weighted by atomic mass is 32.9. The van der Waals surface area contributed by atoms with Crippen LogP contribution < -0.4 is 0 Å². The first-order chi connectivity index (χ1) is 20.9. The molecule has 0 atom stereocenters. The summed E-state index contributed by atoms with van der Waals surface area (Å²) in [7, 11) is 0. The molecular formula is C38H71O2PS2. The van der Waals surface area contributed by atoms with Crippen molar-refractivity contribution in [1.29, 1.82) is 0 Å². The average Bonchev–Trinajstić information content (AvgIpc) is 2.96. The summed E-state index contributed by atoms with van der Waals surface area (Å²) in [5.74, 6) is 0. The van der Waals surface area contributed by atoms with Crippen LogP contribution in [-0.4, -0.2) is 9.79 Å². The van der Waals surface area contributed by atoms with Gasteiger partial charge in [-0.3, -0.25) is 0 Å². The predicted octanol–water partition coefficient (Wildman–Crippen LogP) is 14.0. The number of hydrogen-bond acceptors (Lipinski definition) is 2. The molecule has 0 aliphatic heterocycles. The van der Waals surface area contributed by atoms with Gasteiger partial charge in [-0.15, -0.1) is 0 Å². The highest BCUT2D eigenvalue weighted by Gasteiger charge is 2.12. The van der Waals surface area contributed by atoms with Crippen molar-refractivity contribution in [3.63, 3.8) is 0 Å². The Morgan fingerprint density at radius 3 is 0.953 bits per heavy atom. The fourth-order valence-electron chi connectivity index (χ4n) is 6.25. The summed E-state index contributed by atoms with van der Waals surface area (Å²) in [4.78, 5) is 20.8. The lowest BCUT2D eigenvalue weighted by atomic mass is 9.99. The number of unbranched alkanes of at least 4 members (excludes halogenated alkanes) is 26. The van der Waals surface area contributed by atoms with Crippen molar-refractivity contribution < 1.29 is 9.79 Å². The molecule has 0 spiro atoms. The summed E-state index contributed by atoms with van der Waals surface area (Å²) in [6.07, 6.45) is 40.9. The van der Waals surface area contributed by atoms with E-state index in [1.165, 1.54) is 191 Å². The van der Waals surface area contributed by atoms with Crippen molar-refractivity contribution >= 4 is 28.9 Å². The molecule has 2 nitrogen and oxygen atoms in total. The molecule has 0 saturated heterocycles. The maximum Gasteiger partial charge on any atom is 0.246 e. The zero-order valence-corrected chi connectivity index (χ0v) is 31.1. The van der Waals surface area contributed by atoms with E-state index < -0.39 is 5.69 Å². The van der Waals surface area contributed by atoms with Gasteiger partial charge in [0.25, 0.3) is 0 Å². The van der Waals surface area contributed by atoms with Crippen molar-refractivity contribution in [3.05, 3.63) is 29.3 Å². The fourth-order valence-corrected chi connectivity index (χ4v) is 8.85. The summed E-state index contributed by atoms with van der Waals surface area (Å²) >= 11 is 6.03. The minimum Gasteiger partial charge on any atom is -0.337 e. The van der Waals surface area contributed by atoms with Crippen LogP contribution in [0.2, 0.25) is 0 Å². The average molecular weight is 655 g/mol. The van der Waals surface area contributed by atoms with Gasteiger partial charge in [0.05, 0.1) is 0 Å². The van der Waals surface area contributed by atoms with E-state index in [2.05, 4.69) is 32.0 Å². The van der Waals surface area contributed by atoms with Crippen LogP contribution in [0.1, 0.15) is 205 Å². The van der Waals surface area contributed by atoms with Gasteiger partial charge in [0.15, 0.2) is 0 Å². The van der Waals surface area contributed by atoms with Gasteiger partial charge < -0.3 is 9.79 Å². The highest BCUT2D eigenvalue weighted by molar-refractivity contribution is 8.67. The first-order valence-electron chi connectivity index (χ1n) is 18.8. The first-order valence-corrected chi connectivity index (χ1v) is 23.0. The van der Waals surface area contributed by atoms with Crippen molar-refractivity contribution in [2.75, 3.05) is 0 Å². The van der Waals surface area contributed by atoms with Gasteiger partial charge in [-0.2, -0.15) is 0 Å². The van der Waals surface area contributed by atoms with Crippen molar-refractivity contribution in [2.45, 2.75) is 211 Å². The molecular weight excluding hydrogens is 584 g/mol. The number of aryl methyl sites for hydroxylation is 2. The van der Waals surface area contributed by atoms with E-state index in [-0.39, 0.29) is 0 Å². The molecule has 0 radical (unpaired) electrons. The van der Waals surface area contributed by atoms with Crippen LogP contribution in [-0.2, 0) is 24.6 Å². The van der Waals surface area contributed by atoms with Crippen molar-refractivity contribution in [2.24, 2.45) is 0 Å². The lowest BCUT2D eigenvalue weighted by Gasteiger charge is -2.12. The number of hydrogen-bond donors (Lipinski definition) is 2. The second-order valence-electron chi connectivity index (χ2n) is 13.3. The Hall–Kier alpha value is 0.140. The Morgan fingerprint density at radius 1 is 0.442 bits per heavy atom. The highest BCUT2D eigenvalue weighted by Crippen LogP contribution is 2.55. The summed E-state index contributed by atoms with van der Waals surface area (Å²) in [6, 6.07) is 6.66. The van der Waals surface area contributed by atoms with Gasteiger partial charge in [-0.05, 0) is 72.1 Å². The van der Waals surface area contributed by atoms with Gasteiger partial charge in [-0.1, -0.05) is 187 Å². The van der Waals surface area contributed by atoms with E-state index in [4.69, 9.17) is 11.8 Å². The molecule has 0 fully saturated rings. The van der Waals surface area contributed by atoms with E-state index in [9.17, 15) is 9.79 Å². The van der Waals surface area contributed by atoms with Crippen LogP contribution in [0.4, 0.5) is 0 Å². The smallest absolute Gasteiger partial charge is 0.246 e. The Balaban J connectivity index is 2.18. The molecule has 0 amide bonds. The third kappa shape index (κ3) is 28.1. The van der Waals surface area contributed by atoms with Gasteiger partial charge in [-0.25, -0.2) is 0 Å². The Morgan fingerprint density at radius 2 is 0.698 bits per heavy atom. The Labute approximate surface area is 278 Å². The molecule has 0 aliphatic carbocycles. The molecule has 1 aromatic carbocycles. The van der Waals surface area contributed by atoms with Gasteiger partial charge in [0, 0.05) is 4.90 Å². The lowest BCUT2D eigenvalue weighted by Crippen LogP contribution is -1.93. The predicted molar refractivity (Wildman–Crippen MR) is 199 cm³/mol. The monoisotopic (exact) mass is 654 g/mol. The molecule has 0 aromatic heterocycles. The van der Waals surface area contributed by atoms with Crippen molar-refractivity contribution in [1.82, 2.24) is 0 Å². The molecule has 0 heterocycles. The molecule has 43 heavy (non-hydrogen) atoms. The summed E-state index contributed by atoms with van der Waals surface area (Å²) in [5, 5.41) is 0. The molecule has 0 unspecified atom stereocenters. The normalized spacial score (nSPS) is 11.9. The van der Waals surface area contributed by atoms with Gasteiger partial charge in [0.1, 0.15) is 0 Å². The second kappa shape index (κ2) is 29.5. The second-order valence-corrected chi connectivity index (χ2v) is 19.2. The summed E-state index contributed by atoms with van der Waals surface area (Å²) in [5.41, 5.74) is -0.619. The van der Waals surface area contributed by atoms with E-state index >= 15 is 0 Å². The summed E-state index contributed by atoms with van der Waals surface area (Å²) < 4.78 is 0. The topological polar surface area (TPSA) is 40.5 Å². The zero-order valence-electron chi connectivity index (χ0n) is 28.6. The molecule has 5 heteroatoms. The molecule has 1 rings (SSSR count). The maximum atomic E-state index is 9.91. The van der Waals surface area contributed by atoms with Crippen LogP contribution >= 0.6 is 17.1 Å². The van der Waals surface area contributed by atoms with Gasteiger partial charge >= 0.3 is 0 Å². The third-order valence-corrected chi connectivity index (χ3v) is 11.6. The standard InChI is InChI=1S/C38H71O2PS2/c1-3-5-7-9-11-13-15-17-19-21-23-25-27-29-31-36-33-37(35-38(34-36)43-41(39,40)42)32-30-28-26-24-22-20-18-16-14-12-10-8-6-4-2/h33-35H,3-32H2,1-2H3,(H2,39,40,42). The van der Waals surface area contributed by atoms with Crippen LogP contribution in [0.5, 0.6) is 0 Å². The van der Waals surface area contributed by atoms with Crippen LogP contribution in [0.25, 0.3) is 0 Å². The van der Waals surface area contributed by atoms with E-state index in [0.717, 1.165) is 29.1 Å². The third-order valence-electron chi connectivity index (χ3n) is 8.89. The molecule has 2 N–H and O–H groups in total. The molecule has 0 aliphatic rings. The molecule has 0 saturated carbocycles. The zero-order chi connectivity index (χ0) is 31.3. The lowest BCUT2D eigenvalue weighted by molar-refractivity contribution is 0.502. The van der Waals surface area contributed by atoms with E-state index in [0.29, 0.717) is 0 Å². The SMILES string of the molecule is CCCCCCCCCCCCCCCCc1cc(CCCCCCCCCCCCCCCC)cc(SP(O)(O)=S)c1. The molecule has 1 aromatic rings. The Bertz CT molecular complexity index is 744. The maximum absolute atomic E-state index is 9.91. The van der Waals surface area contributed by atoms with Crippen LogP contribution in [0.15, 0.2) is 23.1 Å². The van der Waals surface area contributed by atoms with Crippen LogP contribution in [0, 0.1) is 0 Å². The van der Waals surface area contributed by atoms with Crippen LogP contribution in [0.3, 0.4) is 0 Å². The fraction of sp³-hybridized carbons (Fsp3) is 0.842. The van der Waals surface area contributed by atoms with E-state index in [1.807, 2.05) is 0 Å². The van der Waals surface area contributed by atoms with Gasteiger partial charge in [0.2, 0.25) is 5.69 Å². The number of benzene rings is 1. The summed E-state index contributed by atoms with van der Waals surface area (Å²) in [6.45, 7) is 4.58. The first kappa shape index (κ1) is 41.2. The van der Waals surface area contributed by atoms with Crippen molar-refractivity contribution in [3.8, 4) is 0 Å². The molecule has 0 bridgehead atoms. The van der Waals surface area contributed by atoms with E-state index in [1.54, 1.807) is 0 Å². The number of rotatable bonds is 32.